The van der Waals surface area contributed by atoms with Crippen LogP contribution in [-0.2, 0) is 4.74 Å². The summed E-state index contributed by atoms with van der Waals surface area (Å²) < 4.78 is 5.64. The van der Waals surface area contributed by atoms with Gasteiger partial charge in [-0.05, 0) is 25.2 Å². The molecule has 0 bridgehead atoms. The van der Waals surface area contributed by atoms with Crippen LogP contribution in [0.2, 0.25) is 0 Å². The van der Waals surface area contributed by atoms with Crippen LogP contribution in [0.4, 0.5) is 0 Å². The van der Waals surface area contributed by atoms with Gasteiger partial charge in [0.2, 0.25) is 0 Å². The third-order valence-corrected chi connectivity index (χ3v) is 2.78. The molecule has 0 aliphatic heterocycles. The Morgan fingerprint density at radius 3 is 2.00 bits per heavy atom. The molecule has 0 heterocycles. The Labute approximate surface area is 107 Å². The van der Waals surface area contributed by atoms with Gasteiger partial charge in [-0.2, -0.15) is 0 Å². The van der Waals surface area contributed by atoms with Gasteiger partial charge in [0.05, 0.1) is 6.61 Å². The van der Waals surface area contributed by atoms with Gasteiger partial charge in [-0.3, -0.25) is 0 Å². The lowest BCUT2D eigenvalue weighted by atomic mass is 9.93. The van der Waals surface area contributed by atoms with Crippen molar-refractivity contribution in [2.24, 2.45) is 5.41 Å². The first-order valence-corrected chi connectivity index (χ1v) is 6.65. The van der Waals surface area contributed by atoms with Crippen molar-refractivity contribution < 1.29 is 9.84 Å². The molecule has 0 aromatic heterocycles. The SMILES string of the molecule is CC(C)NC(C)(CO)CCOCCC(C)(C)C. The molecule has 0 saturated carbocycles. The molecule has 0 spiro atoms. The summed E-state index contributed by atoms with van der Waals surface area (Å²) >= 11 is 0. The smallest absolute Gasteiger partial charge is 0.0611 e. The molecular weight excluding hydrogens is 214 g/mol. The maximum atomic E-state index is 9.40. The Hall–Kier alpha value is -0.120. The second kappa shape index (κ2) is 7.34. The summed E-state index contributed by atoms with van der Waals surface area (Å²) in [6, 6.07) is 0.377. The molecular formula is C14H31NO2. The molecule has 1 unspecified atom stereocenters. The van der Waals surface area contributed by atoms with Gasteiger partial charge in [0.25, 0.3) is 0 Å². The summed E-state index contributed by atoms with van der Waals surface area (Å²) in [5, 5.41) is 12.8. The molecule has 17 heavy (non-hydrogen) atoms. The highest BCUT2D eigenvalue weighted by molar-refractivity contribution is 4.83. The minimum Gasteiger partial charge on any atom is -0.394 e. The van der Waals surface area contributed by atoms with E-state index in [9.17, 15) is 5.11 Å². The molecule has 0 aromatic carbocycles. The molecule has 1 atom stereocenters. The number of aliphatic hydroxyl groups is 1. The van der Waals surface area contributed by atoms with Crippen LogP contribution < -0.4 is 5.32 Å². The quantitative estimate of drug-likeness (QED) is 0.646. The first-order valence-electron chi connectivity index (χ1n) is 6.65. The highest BCUT2D eigenvalue weighted by Gasteiger charge is 2.23. The minimum absolute atomic E-state index is 0.147. The van der Waals surface area contributed by atoms with Crippen molar-refractivity contribution in [3.05, 3.63) is 0 Å². The third-order valence-electron chi connectivity index (χ3n) is 2.78. The number of nitrogens with one attached hydrogen (secondary N) is 1. The minimum atomic E-state index is -0.226. The van der Waals surface area contributed by atoms with Gasteiger partial charge in [-0.15, -0.1) is 0 Å². The Morgan fingerprint density at radius 1 is 1.06 bits per heavy atom. The highest BCUT2D eigenvalue weighted by Crippen LogP contribution is 2.18. The van der Waals surface area contributed by atoms with E-state index < -0.39 is 0 Å². The van der Waals surface area contributed by atoms with Crippen LogP contribution >= 0.6 is 0 Å². The van der Waals surface area contributed by atoms with Crippen molar-refractivity contribution in [1.82, 2.24) is 5.32 Å². The van der Waals surface area contributed by atoms with E-state index in [1.54, 1.807) is 0 Å². The lowest BCUT2D eigenvalue weighted by Crippen LogP contribution is -2.49. The number of hydrogen-bond acceptors (Lipinski definition) is 3. The second-order valence-electron chi connectivity index (χ2n) is 6.69. The Balaban J connectivity index is 3.77. The van der Waals surface area contributed by atoms with Gasteiger partial charge in [0.1, 0.15) is 0 Å². The standard InChI is InChI=1S/C14H31NO2/c1-12(2)15-14(6,11-16)8-10-17-9-7-13(3,4)5/h12,15-16H,7-11H2,1-6H3. The molecule has 0 aliphatic carbocycles. The van der Waals surface area contributed by atoms with Crippen molar-refractivity contribution in [3.63, 3.8) is 0 Å². The average molecular weight is 245 g/mol. The van der Waals surface area contributed by atoms with Gasteiger partial charge in [-0.1, -0.05) is 34.6 Å². The molecule has 3 nitrogen and oxygen atoms in total. The monoisotopic (exact) mass is 245 g/mol. The fourth-order valence-electron chi connectivity index (χ4n) is 1.67. The van der Waals surface area contributed by atoms with E-state index in [4.69, 9.17) is 4.74 Å². The normalized spacial score (nSPS) is 16.2. The molecule has 0 fully saturated rings. The molecule has 0 amide bonds. The molecule has 0 aliphatic rings. The van der Waals surface area contributed by atoms with Gasteiger partial charge >= 0.3 is 0 Å². The van der Waals surface area contributed by atoms with E-state index in [1.807, 2.05) is 6.92 Å². The van der Waals surface area contributed by atoms with Crippen LogP contribution in [0.5, 0.6) is 0 Å². The van der Waals surface area contributed by atoms with Crippen LogP contribution in [0.25, 0.3) is 0 Å². The van der Waals surface area contributed by atoms with Crippen LogP contribution in [0, 0.1) is 5.41 Å². The number of aliphatic hydroxyl groups excluding tert-OH is 1. The molecule has 0 radical (unpaired) electrons. The zero-order chi connectivity index (χ0) is 13.5. The van der Waals surface area contributed by atoms with Crippen LogP contribution in [0.1, 0.15) is 54.4 Å². The third kappa shape index (κ3) is 9.57. The van der Waals surface area contributed by atoms with Crippen molar-refractivity contribution in [2.45, 2.75) is 66.0 Å². The van der Waals surface area contributed by atoms with E-state index >= 15 is 0 Å². The molecule has 0 aromatic rings. The summed E-state index contributed by atoms with van der Waals surface area (Å²) in [6.07, 6.45) is 1.91. The molecule has 3 heteroatoms. The summed E-state index contributed by atoms with van der Waals surface area (Å²) in [6.45, 7) is 14.5. The fourth-order valence-corrected chi connectivity index (χ4v) is 1.67. The Morgan fingerprint density at radius 2 is 1.59 bits per heavy atom. The zero-order valence-electron chi connectivity index (χ0n) is 12.5. The van der Waals surface area contributed by atoms with E-state index in [-0.39, 0.29) is 12.1 Å². The van der Waals surface area contributed by atoms with Crippen LogP contribution in [-0.4, -0.2) is 36.5 Å². The second-order valence-corrected chi connectivity index (χ2v) is 6.69. The lowest BCUT2D eigenvalue weighted by Gasteiger charge is -2.31. The zero-order valence-corrected chi connectivity index (χ0v) is 12.5. The Bertz CT molecular complexity index is 199. The maximum Gasteiger partial charge on any atom is 0.0611 e. The average Bonchev–Trinajstić information content (AvgIpc) is 2.14. The summed E-state index contributed by atoms with van der Waals surface area (Å²) in [5.74, 6) is 0. The largest absolute Gasteiger partial charge is 0.394 e. The van der Waals surface area contributed by atoms with Gasteiger partial charge in [0, 0.05) is 24.8 Å². The summed E-state index contributed by atoms with van der Waals surface area (Å²) in [4.78, 5) is 0. The van der Waals surface area contributed by atoms with Crippen molar-refractivity contribution in [1.29, 1.82) is 0 Å². The van der Waals surface area contributed by atoms with E-state index in [0.29, 0.717) is 18.1 Å². The van der Waals surface area contributed by atoms with Crippen molar-refractivity contribution >= 4 is 0 Å². The molecule has 2 N–H and O–H groups in total. The van der Waals surface area contributed by atoms with Crippen molar-refractivity contribution in [2.75, 3.05) is 19.8 Å². The predicted molar refractivity (Wildman–Crippen MR) is 73.3 cm³/mol. The van der Waals surface area contributed by atoms with Crippen LogP contribution in [0.3, 0.4) is 0 Å². The van der Waals surface area contributed by atoms with E-state index in [1.165, 1.54) is 0 Å². The maximum absolute atomic E-state index is 9.40. The van der Waals surface area contributed by atoms with Gasteiger partial charge < -0.3 is 15.2 Å². The van der Waals surface area contributed by atoms with E-state index in [2.05, 4.69) is 39.9 Å². The first kappa shape index (κ1) is 16.9. The topological polar surface area (TPSA) is 41.5 Å². The van der Waals surface area contributed by atoms with Crippen molar-refractivity contribution in [3.8, 4) is 0 Å². The van der Waals surface area contributed by atoms with Crippen LogP contribution in [0.15, 0.2) is 0 Å². The van der Waals surface area contributed by atoms with Gasteiger partial charge in [0.15, 0.2) is 0 Å². The molecule has 104 valence electrons. The lowest BCUT2D eigenvalue weighted by molar-refractivity contribution is 0.0707. The number of ether oxygens (including phenoxy) is 1. The highest BCUT2D eigenvalue weighted by atomic mass is 16.5. The summed E-state index contributed by atoms with van der Waals surface area (Å²) in [7, 11) is 0. The Kier molecular flexibility index (Phi) is 7.29. The first-order chi connectivity index (χ1) is 7.68. The summed E-state index contributed by atoms with van der Waals surface area (Å²) in [5.41, 5.74) is 0.104. The van der Waals surface area contributed by atoms with Gasteiger partial charge in [-0.25, -0.2) is 0 Å². The predicted octanol–water partition coefficient (Wildman–Crippen LogP) is 2.58. The van der Waals surface area contributed by atoms with E-state index in [0.717, 1.165) is 19.4 Å². The number of rotatable bonds is 8. The fraction of sp³-hybridized carbons (Fsp3) is 1.00. The number of hydrogen-bond donors (Lipinski definition) is 2. The molecule has 0 saturated heterocycles. The molecule has 0 rings (SSSR count).